The highest BCUT2D eigenvalue weighted by Crippen LogP contribution is 2.12. The highest BCUT2D eigenvalue weighted by molar-refractivity contribution is 14.0. The third-order valence-electron chi connectivity index (χ3n) is 2.57. The van der Waals surface area contributed by atoms with Crippen LogP contribution in [0.1, 0.15) is 32.8 Å². The third kappa shape index (κ3) is 8.24. The summed E-state index contributed by atoms with van der Waals surface area (Å²) in [5.74, 6) is 1.41. The molecule has 3 N–H and O–H groups in total. The Hall–Kier alpha value is -0.980. The van der Waals surface area contributed by atoms with Crippen molar-refractivity contribution in [3.63, 3.8) is 0 Å². The summed E-state index contributed by atoms with van der Waals surface area (Å²) in [6, 6.07) is 8.13. The van der Waals surface area contributed by atoms with E-state index in [4.69, 9.17) is 10.5 Å². The fraction of sp³-hybridized carbons (Fsp3) is 0.533. The van der Waals surface area contributed by atoms with Gasteiger partial charge in [-0.15, -0.1) is 24.0 Å². The summed E-state index contributed by atoms with van der Waals surface area (Å²) >= 11 is 0. The van der Waals surface area contributed by atoms with Crippen LogP contribution in [0.3, 0.4) is 0 Å². The SMILES string of the molecule is COc1ccc(CCCN=C(N)NC(C)(C)C)cc1.I. The average Bonchev–Trinajstić information content (AvgIpc) is 2.33. The Morgan fingerprint density at radius 2 is 1.85 bits per heavy atom. The number of hydrogen-bond acceptors (Lipinski definition) is 2. The van der Waals surface area contributed by atoms with Gasteiger partial charge in [0.2, 0.25) is 0 Å². The monoisotopic (exact) mass is 391 g/mol. The lowest BCUT2D eigenvalue weighted by molar-refractivity contribution is 0.414. The van der Waals surface area contributed by atoms with Crippen LogP contribution in [-0.2, 0) is 6.42 Å². The molecule has 0 aromatic heterocycles. The topological polar surface area (TPSA) is 59.6 Å². The van der Waals surface area contributed by atoms with Crippen molar-refractivity contribution < 1.29 is 4.74 Å². The highest BCUT2D eigenvalue weighted by Gasteiger charge is 2.09. The lowest BCUT2D eigenvalue weighted by Crippen LogP contribution is -2.45. The van der Waals surface area contributed by atoms with Crippen molar-refractivity contribution in [2.75, 3.05) is 13.7 Å². The van der Waals surface area contributed by atoms with Gasteiger partial charge in [0, 0.05) is 12.1 Å². The quantitative estimate of drug-likeness (QED) is 0.351. The van der Waals surface area contributed by atoms with Crippen LogP contribution in [0.4, 0.5) is 0 Å². The first-order valence-corrected chi connectivity index (χ1v) is 6.62. The minimum absolute atomic E-state index is 0. The molecule has 0 atom stereocenters. The van der Waals surface area contributed by atoms with E-state index >= 15 is 0 Å². The molecule has 1 aromatic carbocycles. The lowest BCUT2D eigenvalue weighted by Gasteiger charge is -2.20. The van der Waals surface area contributed by atoms with E-state index in [2.05, 4.69) is 43.2 Å². The van der Waals surface area contributed by atoms with Gasteiger partial charge < -0.3 is 15.8 Å². The van der Waals surface area contributed by atoms with Gasteiger partial charge in [0.15, 0.2) is 5.96 Å². The summed E-state index contributed by atoms with van der Waals surface area (Å²) < 4.78 is 5.13. The molecular weight excluding hydrogens is 365 g/mol. The number of ether oxygens (including phenoxy) is 1. The summed E-state index contributed by atoms with van der Waals surface area (Å²) in [5, 5.41) is 3.14. The average molecular weight is 391 g/mol. The number of benzene rings is 1. The van der Waals surface area contributed by atoms with Gasteiger partial charge in [-0.1, -0.05) is 12.1 Å². The smallest absolute Gasteiger partial charge is 0.188 e. The number of rotatable bonds is 5. The molecule has 0 bridgehead atoms. The molecule has 0 heterocycles. The molecule has 4 nitrogen and oxygen atoms in total. The van der Waals surface area contributed by atoms with Gasteiger partial charge >= 0.3 is 0 Å². The fourth-order valence-electron chi connectivity index (χ4n) is 1.70. The minimum atomic E-state index is -0.0381. The molecule has 5 heteroatoms. The van der Waals surface area contributed by atoms with Gasteiger partial charge in [0.25, 0.3) is 0 Å². The second kappa shape index (κ2) is 9.05. The third-order valence-corrected chi connectivity index (χ3v) is 2.57. The van der Waals surface area contributed by atoms with E-state index in [0.29, 0.717) is 5.96 Å². The van der Waals surface area contributed by atoms with E-state index in [0.717, 1.165) is 25.1 Å². The van der Waals surface area contributed by atoms with E-state index < -0.39 is 0 Å². The van der Waals surface area contributed by atoms with Gasteiger partial charge in [-0.05, 0) is 51.3 Å². The van der Waals surface area contributed by atoms with E-state index in [-0.39, 0.29) is 29.5 Å². The van der Waals surface area contributed by atoms with Crippen molar-refractivity contribution in [2.24, 2.45) is 10.7 Å². The van der Waals surface area contributed by atoms with Crippen LogP contribution in [0.25, 0.3) is 0 Å². The van der Waals surface area contributed by atoms with E-state index in [9.17, 15) is 0 Å². The van der Waals surface area contributed by atoms with Crippen molar-refractivity contribution in [3.05, 3.63) is 29.8 Å². The zero-order valence-corrected chi connectivity index (χ0v) is 15.1. The zero-order valence-electron chi connectivity index (χ0n) is 12.8. The second-order valence-corrected chi connectivity index (χ2v) is 5.59. The van der Waals surface area contributed by atoms with Crippen molar-refractivity contribution in [1.29, 1.82) is 0 Å². The van der Waals surface area contributed by atoms with E-state index in [1.54, 1.807) is 7.11 Å². The Kier molecular flexibility index (Phi) is 8.60. The molecule has 0 fully saturated rings. The normalized spacial score (nSPS) is 11.7. The molecule has 0 amide bonds. The van der Waals surface area contributed by atoms with Crippen LogP contribution in [-0.4, -0.2) is 25.2 Å². The first kappa shape index (κ1) is 19.0. The Bertz CT molecular complexity index is 410. The summed E-state index contributed by atoms with van der Waals surface area (Å²) in [5.41, 5.74) is 7.05. The number of nitrogens with one attached hydrogen (secondary N) is 1. The summed E-state index contributed by atoms with van der Waals surface area (Å²) in [6.45, 7) is 6.92. The van der Waals surface area contributed by atoms with Gasteiger partial charge in [-0.25, -0.2) is 0 Å². The summed E-state index contributed by atoms with van der Waals surface area (Å²) in [4.78, 5) is 4.32. The van der Waals surface area contributed by atoms with Crippen LogP contribution in [0, 0.1) is 0 Å². The van der Waals surface area contributed by atoms with E-state index in [1.807, 2.05) is 12.1 Å². The largest absolute Gasteiger partial charge is 0.497 e. The second-order valence-electron chi connectivity index (χ2n) is 5.59. The molecule has 1 rings (SSSR count). The Morgan fingerprint density at radius 3 is 2.35 bits per heavy atom. The minimum Gasteiger partial charge on any atom is -0.497 e. The van der Waals surface area contributed by atoms with Gasteiger partial charge in [0.1, 0.15) is 5.75 Å². The number of nitrogens with two attached hydrogens (primary N) is 1. The Balaban J connectivity index is 0.00000361. The van der Waals surface area contributed by atoms with Crippen LogP contribution < -0.4 is 15.8 Å². The highest BCUT2D eigenvalue weighted by atomic mass is 127. The van der Waals surface area contributed by atoms with Gasteiger partial charge in [-0.2, -0.15) is 0 Å². The molecule has 0 aliphatic rings. The van der Waals surface area contributed by atoms with Crippen LogP contribution in [0.15, 0.2) is 29.3 Å². The standard InChI is InChI=1S/C15H25N3O.HI/c1-15(2,3)18-14(16)17-11-5-6-12-7-9-13(19-4)10-8-12;/h7-10H,5-6,11H2,1-4H3,(H3,16,17,18);1H. The molecule has 1 aromatic rings. The maximum atomic E-state index is 5.80. The summed E-state index contributed by atoms with van der Waals surface area (Å²) in [6.07, 6.45) is 1.98. The predicted octanol–water partition coefficient (Wildman–Crippen LogP) is 2.95. The number of aliphatic imine (C=N–C) groups is 1. The first-order valence-electron chi connectivity index (χ1n) is 6.62. The Morgan fingerprint density at radius 1 is 1.25 bits per heavy atom. The molecule has 20 heavy (non-hydrogen) atoms. The van der Waals surface area contributed by atoms with Crippen molar-refractivity contribution in [3.8, 4) is 5.75 Å². The number of halogens is 1. The van der Waals surface area contributed by atoms with Crippen molar-refractivity contribution in [1.82, 2.24) is 5.32 Å². The number of nitrogens with zero attached hydrogens (tertiary/aromatic N) is 1. The molecule has 0 aliphatic heterocycles. The van der Waals surface area contributed by atoms with Gasteiger partial charge in [-0.3, -0.25) is 4.99 Å². The number of methoxy groups -OCH3 is 1. The Labute approximate surface area is 139 Å². The number of guanidine groups is 1. The van der Waals surface area contributed by atoms with Crippen LogP contribution in [0.2, 0.25) is 0 Å². The molecule has 0 saturated carbocycles. The first-order chi connectivity index (χ1) is 8.90. The summed E-state index contributed by atoms with van der Waals surface area (Å²) in [7, 11) is 1.68. The van der Waals surface area contributed by atoms with Crippen molar-refractivity contribution >= 4 is 29.9 Å². The number of aryl methyl sites for hydroxylation is 1. The zero-order chi connectivity index (χ0) is 14.3. The maximum Gasteiger partial charge on any atom is 0.188 e. The lowest BCUT2D eigenvalue weighted by atomic mass is 10.1. The predicted molar refractivity (Wildman–Crippen MR) is 96.1 cm³/mol. The molecule has 0 spiro atoms. The van der Waals surface area contributed by atoms with E-state index in [1.165, 1.54) is 5.56 Å². The molecule has 0 unspecified atom stereocenters. The molecular formula is C15H26IN3O. The molecule has 0 saturated heterocycles. The van der Waals surface area contributed by atoms with Crippen molar-refractivity contribution in [2.45, 2.75) is 39.2 Å². The van der Waals surface area contributed by atoms with Crippen LogP contribution >= 0.6 is 24.0 Å². The van der Waals surface area contributed by atoms with Gasteiger partial charge in [0.05, 0.1) is 7.11 Å². The molecule has 0 radical (unpaired) electrons. The fourth-order valence-corrected chi connectivity index (χ4v) is 1.70. The molecule has 114 valence electrons. The molecule has 0 aliphatic carbocycles. The number of hydrogen-bond donors (Lipinski definition) is 2. The van der Waals surface area contributed by atoms with Crippen LogP contribution in [0.5, 0.6) is 5.75 Å². The maximum absolute atomic E-state index is 5.80.